The third-order valence-corrected chi connectivity index (χ3v) is 9.83. The van der Waals surface area contributed by atoms with Crippen molar-refractivity contribution in [3.8, 4) is 34.8 Å². The Labute approximate surface area is 329 Å². The molecule has 0 bridgehead atoms. The maximum Gasteiger partial charge on any atom is 0.153 e. The first kappa shape index (κ1) is 46.7. The minimum Gasteiger partial charge on any atom is -0.493 e. The van der Waals surface area contributed by atoms with Crippen LogP contribution in [0.1, 0.15) is 214 Å². The number of hydrogen-bond donors (Lipinski definition) is 0. The molecule has 0 amide bonds. The maximum absolute atomic E-state index is 12.2. The Bertz CT molecular complexity index is 1240. The van der Waals surface area contributed by atoms with E-state index in [4.69, 9.17) is 18.9 Å². The summed E-state index contributed by atoms with van der Waals surface area (Å²) in [5, 5.41) is 0. The fraction of sp³-hybridized carbons (Fsp3) is 0.667. The lowest BCUT2D eigenvalue weighted by atomic mass is 10.1. The van der Waals surface area contributed by atoms with E-state index in [0.717, 1.165) is 63.9 Å². The van der Waals surface area contributed by atoms with Gasteiger partial charge in [-0.25, -0.2) is 0 Å². The van der Waals surface area contributed by atoms with Crippen LogP contribution in [0.3, 0.4) is 0 Å². The van der Waals surface area contributed by atoms with Gasteiger partial charge in [0.25, 0.3) is 0 Å². The molecule has 0 atom stereocenters. The molecule has 0 spiro atoms. The average Bonchev–Trinajstić information content (AvgIpc) is 3.19. The molecule has 2 rings (SSSR count). The van der Waals surface area contributed by atoms with Crippen molar-refractivity contribution in [3.05, 3.63) is 46.5 Å². The number of aldehydes is 2. The predicted molar refractivity (Wildman–Crippen MR) is 225 cm³/mol. The van der Waals surface area contributed by atoms with Crippen molar-refractivity contribution in [2.45, 2.75) is 182 Å². The van der Waals surface area contributed by atoms with Gasteiger partial charge in [-0.15, -0.1) is 0 Å². The molecule has 54 heavy (non-hydrogen) atoms. The second-order valence-corrected chi connectivity index (χ2v) is 14.7. The SMILES string of the molecule is CCCCCCCCOc1cc(C=O)c(OCCCCCCCC)cc1C#Cc1cc(OCCCCCCCC)c(C=O)cc1OCCCCCCCC. The standard InChI is InChI=1S/C48H74O6/c1-5-9-13-17-21-25-31-51-45-37-43(39-49)47(53-33-27-23-19-15-11-7-3)35-41(45)29-30-42-36-48(54-34-28-24-20-16-12-8-4)44(40-50)38-46(42)52-32-26-22-18-14-10-6-2/h35-40H,5-28,31-34H2,1-4H3. The van der Waals surface area contributed by atoms with E-state index in [1.54, 1.807) is 12.1 Å². The molecule has 302 valence electrons. The van der Waals surface area contributed by atoms with Crippen LogP contribution >= 0.6 is 0 Å². The van der Waals surface area contributed by atoms with Gasteiger partial charge in [-0.3, -0.25) is 9.59 Å². The summed E-state index contributed by atoms with van der Waals surface area (Å²) in [6, 6.07) is 7.23. The molecule has 2 aromatic rings. The van der Waals surface area contributed by atoms with Gasteiger partial charge in [0, 0.05) is 12.1 Å². The number of hydrogen-bond acceptors (Lipinski definition) is 6. The van der Waals surface area contributed by atoms with E-state index in [0.29, 0.717) is 71.7 Å². The molecular weight excluding hydrogens is 673 g/mol. The summed E-state index contributed by atoms with van der Waals surface area (Å²) in [6.07, 6.45) is 29.5. The molecule has 0 heterocycles. The summed E-state index contributed by atoms with van der Waals surface area (Å²) in [5.41, 5.74) is 2.24. The Balaban J connectivity index is 2.38. The molecule has 2 aromatic carbocycles. The summed E-state index contributed by atoms with van der Waals surface area (Å²) >= 11 is 0. The first-order valence-electron chi connectivity index (χ1n) is 21.9. The van der Waals surface area contributed by atoms with Crippen LogP contribution in [-0.2, 0) is 0 Å². The van der Waals surface area contributed by atoms with E-state index in [9.17, 15) is 9.59 Å². The van der Waals surface area contributed by atoms with Gasteiger partial charge in [0.05, 0.1) is 48.7 Å². The van der Waals surface area contributed by atoms with Gasteiger partial charge in [-0.05, 0) is 37.8 Å². The zero-order valence-corrected chi connectivity index (χ0v) is 34.7. The average molecular weight is 747 g/mol. The molecule has 0 N–H and O–H groups in total. The quantitative estimate of drug-likeness (QED) is 0.0403. The third kappa shape index (κ3) is 20.3. The van der Waals surface area contributed by atoms with Crippen LogP contribution in [0, 0.1) is 11.8 Å². The van der Waals surface area contributed by atoms with E-state index in [2.05, 4.69) is 39.5 Å². The fourth-order valence-electron chi connectivity index (χ4n) is 6.41. The normalized spacial score (nSPS) is 10.8. The van der Waals surface area contributed by atoms with Crippen molar-refractivity contribution < 1.29 is 28.5 Å². The Morgan fingerprint density at radius 1 is 0.370 bits per heavy atom. The number of carbonyl (C=O) groups is 2. The second kappa shape index (κ2) is 31.8. The van der Waals surface area contributed by atoms with Gasteiger partial charge in [0.15, 0.2) is 12.6 Å². The van der Waals surface area contributed by atoms with Gasteiger partial charge in [0.1, 0.15) is 23.0 Å². The Morgan fingerprint density at radius 2 is 0.630 bits per heavy atom. The highest BCUT2D eigenvalue weighted by atomic mass is 16.5. The molecule has 0 aliphatic heterocycles. The number of ether oxygens (including phenoxy) is 4. The van der Waals surface area contributed by atoms with Gasteiger partial charge < -0.3 is 18.9 Å². The zero-order valence-electron chi connectivity index (χ0n) is 34.7. The molecule has 0 saturated heterocycles. The molecule has 6 heteroatoms. The molecule has 0 unspecified atom stereocenters. The van der Waals surface area contributed by atoms with Crippen LogP contribution in [0.2, 0.25) is 0 Å². The zero-order chi connectivity index (χ0) is 38.9. The van der Waals surface area contributed by atoms with E-state index in [1.165, 1.54) is 103 Å². The monoisotopic (exact) mass is 747 g/mol. The Kier molecular flexibility index (Phi) is 27.5. The summed E-state index contributed by atoms with van der Waals surface area (Å²) in [5.74, 6) is 8.88. The van der Waals surface area contributed by atoms with E-state index < -0.39 is 0 Å². The molecule has 0 aromatic heterocycles. The molecule has 0 fully saturated rings. The van der Waals surface area contributed by atoms with Crippen molar-refractivity contribution in [2.24, 2.45) is 0 Å². The van der Waals surface area contributed by atoms with Crippen LogP contribution < -0.4 is 18.9 Å². The number of benzene rings is 2. The highest BCUT2D eigenvalue weighted by Gasteiger charge is 2.14. The first-order chi connectivity index (χ1) is 26.6. The molecule has 0 aliphatic rings. The van der Waals surface area contributed by atoms with Crippen molar-refractivity contribution in [1.29, 1.82) is 0 Å². The van der Waals surface area contributed by atoms with E-state index in [-0.39, 0.29) is 0 Å². The van der Waals surface area contributed by atoms with Gasteiger partial charge in [0.2, 0.25) is 0 Å². The lowest BCUT2D eigenvalue weighted by Crippen LogP contribution is -2.05. The molecule has 0 radical (unpaired) electrons. The van der Waals surface area contributed by atoms with Crippen LogP contribution in [0.4, 0.5) is 0 Å². The summed E-state index contributed by atoms with van der Waals surface area (Å²) in [6.45, 7) is 11.1. The number of carbonyl (C=O) groups excluding carboxylic acids is 2. The van der Waals surface area contributed by atoms with E-state index >= 15 is 0 Å². The highest BCUT2D eigenvalue weighted by Crippen LogP contribution is 2.31. The lowest BCUT2D eigenvalue weighted by Gasteiger charge is -2.15. The molecule has 0 saturated carbocycles. The number of rotatable bonds is 34. The maximum atomic E-state index is 12.2. The van der Waals surface area contributed by atoms with Gasteiger partial charge in [-0.1, -0.05) is 168 Å². The highest BCUT2D eigenvalue weighted by molar-refractivity contribution is 5.82. The topological polar surface area (TPSA) is 71.1 Å². The Hall–Kier alpha value is -3.46. The smallest absolute Gasteiger partial charge is 0.153 e. The van der Waals surface area contributed by atoms with Gasteiger partial charge >= 0.3 is 0 Å². The first-order valence-corrected chi connectivity index (χ1v) is 21.9. The molecule has 0 aliphatic carbocycles. The largest absolute Gasteiger partial charge is 0.493 e. The summed E-state index contributed by atoms with van der Waals surface area (Å²) < 4.78 is 25.0. The van der Waals surface area contributed by atoms with Crippen LogP contribution in [0.25, 0.3) is 0 Å². The van der Waals surface area contributed by atoms with Crippen molar-refractivity contribution >= 4 is 12.6 Å². The predicted octanol–water partition coefficient (Wildman–Crippen LogP) is 13.7. The van der Waals surface area contributed by atoms with Gasteiger partial charge in [-0.2, -0.15) is 0 Å². The van der Waals surface area contributed by atoms with Crippen LogP contribution in [0.5, 0.6) is 23.0 Å². The minimum absolute atomic E-state index is 0.466. The van der Waals surface area contributed by atoms with Crippen molar-refractivity contribution in [1.82, 2.24) is 0 Å². The van der Waals surface area contributed by atoms with Crippen LogP contribution in [-0.4, -0.2) is 39.0 Å². The number of unbranched alkanes of at least 4 members (excludes halogenated alkanes) is 20. The van der Waals surface area contributed by atoms with Crippen molar-refractivity contribution in [2.75, 3.05) is 26.4 Å². The van der Waals surface area contributed by atoms with E-state index in [1.807, 2.05) is 12.1 Å². The van der Waals surface area contributed by atoms with Crippen LogP contribution in [0.15, 0.2) is 24.3 Å². The molecular formula is C48H74O6. The summed E-state index contributed by atoms with van der Waals surface area (Å²) in [7, 11) is 0. The Morgan fingerprint density at radius 3 is 0.907 bits per heavy atom. The third-order valence-electron chi connectivity index (χ3n) is 9.83. The minimum atomic E-state index is 0.466. The molecule has 6 nitrogen and oxygen atoms in total. The lowest BCUT2D eigenvalue weighted by molar-refractivity contribution is 0.111. The summed E-state index contributed by atoms with van der Waals surface area (Å²) in [4.78, 5) is 24.5. The van der Waals surface area contributed by atoms with Crippen molar-refractivity contribution in [3.63, 3.8) is 0 Å². The fourth-order valence-corrected chi connectivity index (χ4v) is 6.41. The second-order valence-electron chi connectivity index (χ2n) is 14.7.